The number of rotatable bonds is 26. The van der Waals surface area contributed by atoms with Crippen LogP contribution in [0.5, 0.6) is 0 Å². The van der Waals surface area contributed by atoms with Gasteiger partial charge in [-0.1, -0.05) is 58.1 Å². The van der Waals surface area contributed by atoms with Crippen LogP contribution in [0.4, 0.5) is 4.79 Å². The molecule has 0 bridgehead atoms. The molecule has 5 amide bonds. The molecule has 360 valence electrons. The lowest BCUT2D eigenvalue weighted by Crippen LogP contribution is -2.57. The number of aliphatic carboxylic acids is 1. The van der Waals surface area contributed by atoms with Crippen LogP contribution in [0.2, 0.25) is 25.7 Å². The summed E-state index contributed by atoms with van der Waals surface area (Å²) in [4.78, 5) is 86.1. The Kier molecular flexibility index (Phi) is 21.2. The Balaban J connectivity index is 1.79. The summed E-state index contributed by atoms with van der Waals surface area (Å²) in [6.07, 6.45) is 3.18. The van der Waals surface area contributed by atoms with E-state index in [9.17, 15) is 33.9 Å². The summed E-state index contributed by atoms with van der Waals surface area (Å²) in [6, 6.07) is 3.14. The quantitative estimate of drug-likeness (QED) is 0.0246. The van der Waals surface area contributed by atoms with Gasteiger partial charge in [0.15, 0.2) is 6.10 Å². The normalized spacial score (nSPS) is 15.2. The average Bonchev–Trinajstić information content (AvgIpc) is 3.88. The van der Waals surface area contributed by atoms with Crippen LogP contribution in [-0.2, 0) is 49.3 Å². The molecule has 7 atom stereocenters. The maximum absolute atomic E-state index is 13.9. The predicted molar refractivity (Wildman–Crippen MR) is 251 cm³/mol. The van der Waals surface area contributed by atoms with Crippen LogP contribution >= 0.6 is 11.3 Å². The molecule has 3 rings (SSSR count). The molecule has 2 heterocycles. The highest BCUT2D eigenvalue weighted by molar-refractivity contribution is 7.09. The van der Waals surface area contributed by atoms with Crippen molar-refractivity contribution < 1.29 is 52.8 Å². The van der Waals surface area contributed by atoms with Gasteiger partial charge in [-0.05, 0) is 57.4 Å². The number of thiazole rings is 1. The fraction of sp³-hybridized carbons (Fsp3) is 0.568. The van der Waals surface area contributed by atoms with Gasteiger partial charge in [0.2, 0.25) is 17.7 Å². The third kappa shape index (κ3) is 18.7. The van der Waals surface area contributed by atoms with Gasteiger partial charge in [0.1, 0.15) is 41.6 Å². The number of methoxy groups -OCH3 is 1. The molecular weight excluding hydrogens is 877 g/mol. The van der Waals surface area contributed by atoms with Crippen molar-refractivity contribution in [2.24, 2.45) is 11.7 Å². The fourth-order valence-corrected chi connectivity index (χ4v) is 7.67. The zero-order chi connectivity index (χ0) is 48.5. The Bertz CT molecular complexity index is 2080. The third-order valence-corrected chi connectivity index (χ3v) is 12.8. The van der Waals surface area contributed by atoms with Gasteiger partial charge < -0.3 is 61.4 Å². The first kappa shape index (κ1) is 54.1. The number of carbonyl (C=O) groups excluding carboxylic acids is 5. The Labute approximate surface area is 385 Å². The van der Waals surface area contributed by atoms with Crippen molar-refractivity contribution in [2.45, 2.75) is 122 Å². The lowest BCUT2D eigenvalue weighted by molar-refractivity contribution is -0.149. The minimum absolute atomic E-state index is 0.0247. The molecule has 0 saturated carbocycles. The van der Waals surface area contributed by atoms with E-state index in [4.69, 9.17) is 24.7 Å². The van der Waals surface area contributed by atoms with E-state index in [1.165, 1.54) is 37.5 Å². The molecule has 0 fully saturated rings. The summed E-state index contributed by atoms with van der Waals surface area (Å²) in [5, 5.41) is 25.3. The average molecular weight is 945 g/mol. The number of alkyl carbamates (subject to hydrolysis) is 1. The first-order valence-electron chi connectivity index (χ1n) is 21.5. The summed E-state index contributed by atoms with van der Waals surface area (Å²) in [5.41, 5.74) is 7.52. The highest BCUT2D eigenvalue weighted by Gasteiger charge is 2.33. The van der Waals surface area contributed by atoms with Crippen molar-refractivity contribution in [2.75, 3.05) is 33.7 Å². The maximum atomic E-state index is 13.9. The summed E-state index contributed by atoms with van der Waals surface area (Å²) in [7, 11) is 0.173. The molecule has 0 radical (unpaired) electrons. The van der Waals surface area contributed by atoms with Crippen molar-refractivity contribution >= 4 is 72.1 Å². The number of carboxylic acids is 1. The van der Waals surface area contributed by atoms with Gasteiger partial charge >= 0.3 is 12.1 Å². The number of para-hydroxylation sites is 1. The first-order chi connectivity index (χ1) is 30.5. The SMILES string of the molecule is CC[C@H](C)[C@H](N)[C@@H](OCOCC[Si](C)(C)C)C(=O)N[C@@H](COC)c1nc(/C=C/C(=O)N[C@@H](Cc2c[nH]c3ccccc23)C(=O)NC[C@H](NC(=O)OC(C)(C)C)C(=O)N[C@@H](C)C(=O)O)cs1. The van der Waals surface area contributed by atoms with E-state index < -0.39 is 92.2 Å². The third-order valence-electron chi connectivity index (χ3n) is 10.1. The fourth-order valence-electron chi connectivity index (χ4n) is 6.09. The van der Waals surface area contributed by atoms with Gasteiger partial charge in [-0.2, -0.15) is 0 Å². The van der Waals surface area contributed by atoms with E-state index in [2.05, 4.69) is 56.2 Å². The molecule has 0 aliphatic carbocycles. The zero-order valence-electron chi connectivity index (χ0n) is 39.1. The summed E-state index contributed by atoms with van der Waals surface area (Å²) < 4.78 is 22.4. The van der Waals surface area contributed by atoms with Gasteiger partial charge in [-0.15, -0.1) is 11.3 Å². The number of ether oxygens (including phenoxy) is 4. The molecule has 0 aliphatic rings. The Morgan fingerprint density at radius 3 is 2.34 bits per heavy atom. The van der Waals surface area contributed by atoms with E-state index in [1.54, 1.807) is 32.3 Å². The van der Waals surface area contributed by atoms with E-state index in [-0.39, 0.29) is 25.7 Å². The van der Waals surface area contributed by atoms with E-state index in [0.29, 0.717) is 22.9 Å². The number of H-pyrrole nitrogens is 1. The second-order valence-electron chi connectivity index (χ2n) is 18.0. The molecule has 0 unspecified atom stereocenters. The molecule has 21 heteroatoms. The molecule has 1 aromatic carbocycles. The molecule has 0 aliphatic heterocycles. The van der Waals surface area contributed by atoms with Crippen LogP contribution in [0, 0.1) is 5.92 Å². The van der Waals surface area contributed by atoms with Gasteiger partial charge in [0.25, 0.3) is 5.91 Å². The van der Waals surface area contributed by atoms with Crippen molar-refractivity contribution in [3.63, 3.8) is 0 Å². The molecular formula is C44H68N8O11SSi. The highest BCUT2D eigenvalue weighted by atomic mass is 32.1. The van der Waals surface area contributed by atoms with Crippen LogP contribution in [0.1, 0.15) is 70.3 Å². The predicted octanol–water partition coefficient (Wildman–Crippen LogP) is 3.84. The lowest BCUT2D eigenvalue weighted by atomic mass is 9.94. The topological polar surface area (TPSA) is 274 Å². The smallest absolute Gasteiger partial charge is 0.408 e. The number of carbonyl (C=O) groups is 6. The van der Waals surface area contributed by atoms with Crippen LogP contribution in [0.15, 0.2) is 41.9 Å². The van der Waals surface area contributed by atoms with Crippen molar-refractivity contribution in [3.05, 3.63) is 58.2 Å². The van der Waals surface area contributed by atoms with Gasteiger partial charge in [-0.3, -0.25) is 24.0 Å². The molecule has 0 spiro atoms. The number of hydrogen-bond acceptors (Lipinski definition) is 13. The minimum atomic E-state index is -1.45. The second kappa shape index (κ2) is 25.5. The van der Waals surface area contributed by atoms with Crippen LogP contribution in [-0.4, -0.2) is 128 Å². The van der Waals surface area contributed by atoms with E-state index in [1.807, 2.05) is 38.1 Å². The van der Waals surface area contributed by atoms with E-state index in [0.717, 1.165) is 23.4 Å². The lowest BCUT2D eigenvalue weighted by Gasteiger charge is -2.29. The number of aromatic amines is 1. The molecule has 3 aromatic rings. The number of fused-ring (bicyclic) bond motifs is 1. The zero-order valence-corrected chi connectivity index (χ0v) is 40.9. The standard InChI is InChI=1S/C44H68N8O11SSi/c1-11-26(2)36(45)37(62-25-61-18-19-65(8,9)10)40(56)51-34(23-60-7)41-49-29(24-64-41)16-17-35(53)50-32(20-28-21-46-31-15-13-12-14-30(28)31)38(54)47-22-33(39(55)48-27(3)42(57)58)52-43(59)63-44(4,5)6/h12-17,21,24,26-27,32-34,36-37,46H,11,18-20,22-23,25,45H2,1-10H3,(H,47,54)(H,48,55)(H,50,53)(H,51,56)(H,52,59)(H,57,58)/b17-16+/t26-,27-,32-,33-,34-,36-,37+/m0/s1. The molecule has 65 heavy (non-hydrogen) atoms. The number of amides is 5. The van der Waals surface area contributed by atoms with Crippen LogP contribution in [0.3, 0.4) is 0 Å². The van der Waals surface area contributed by atoms with E-state index >= 15 is 0 Å². The number of benzene rings is 1. The van der Waals surface area contributed by atoms with Gasteiger partial charge in [0, 0.05) is 69.4 Å². The van der Waals surface area contributed by atoms with Gasteiger partial charge in [-0.25, -0.2) is 9.78 Å². The monoisotopic (exact) mass is 944 g/mol. The number of hydrogen-bond donors (Lipinski definition) is 8. The summed E-state index contributed by atoms with van der Waals surface area (Å²) in [5.74, 6) is -4.01. The Morgan fingerprint density at radius 1 is 0.985 bits per heavy atom. The van der Waals surface area contributed by atoms with Crippen molar-refractivity contribution in [1.29, 1.82) is 0 Å². The number of nitrogens with two attached hydrogens (primary N) is 1. The summed E-state index contributed by atoms with van der Waals surface area (Å²) >= 11 is 1.24. The second-order valence-corrected chi connectivity index (χ2v) is 24.5. The number of carboxylic acid groups (broad SMARTS) is 1. The first-order valence-corrected chi connectivity index (χ1v) is 26.1. The Morgan fingerprint density at radius 2 is 1.69 bits per heavy atom. The van der Waals surface area contributed by atoms with Crippen LogP contribution in [0.25, 0.3) is 17.0 Å². The summed E-state index contributed by atoms with van der Waals surface area (Å²) in [6.45, 7) is 16.8. The molecule has 9 N–H and O–H groups in total. The maximum Gasteiger partial charge on any atom is 0.408 e. The largest absolute Gasteiger partial charge is 0.480 e. The molecule has 0 saturated heterocycles. The highest BCUT2D eigenvalue weighted by Crippen LogP contribution is 2.22. The molecule has 19 nitrogen and oxygen atoms in total. The van der Waals surface area contributed by atoms with Crippen LogP contribution < -0.4 is 32.3 Å². The number of aromatic nitrogens is 2. The number of nitrogens with zero attached hydrogens (tertiary/aromatic N) is 1. The number of nitrogens with one attached hydrogen (secondary N) is 6. The Hall–Kier alpha value is -5.19. The minimum Gasteiger partial charge on any atom is -0.480 e. The molecule has 2 aromatic heterocycles. The van der Waals surface area contributed by atoms with Crippen molar-refractivity contribution in [3.8, 4) is 0 Å². The van der Waals surface area contributed by atoms with Gasteiger partial charge in [0.05, 0.1) is 12.3 Å². The van der Waals surface area contributed by atoms with Crippen molar-refractivity contribution in [1.82, 2.24) is 36.6 Å².